The number of piperidine rings is 1. The summed E-state index contributed by atoms with van der Waals surface area (Å²) in [5.74, 6) is 1.62. The number of carbonyl (C=O) groups is 2. The molecule has 0 saturated carbocycles. The van der Waals surface area contributed by atoms with Crippen molar-refractivity contribution in [3.63, 3.8) is 0 Å². The summed E-state index contributed by atoms with van der Waals surface area (Å²) in [7, 11) is 4.59. The molecule has 0 aliphatic carbocycles. The van der Waals surface area contributed by atoms with E-state index in [-0.39, 0.29) is 17.7 Å². The van der Waals surface area contributed by atoms with Gasteiger partial charge in [-0.1, -0.05) is 30.3 Å². The van der Waals surface area contributed by atoms with Gasteiger partial charge in [-0.15, -0.1) is 0 Å². The van der Waals surface area contributed by atoms with Gasteiger partial charge in [-0.2, -0.15) is 0 Å². The highest BCUT2D eigenvalue weighted by molar-refractivity contribution is 5.95. The Morgan fingerprint density at radius 1 is 0.968 bits per heavy atom. The van der Waals surface area contributed by atoms with Gasteiger partial charge in [-0.25, -0.2) is 0 Å². The zero-order valence-electron chi connectivity index (χ0n) is 18.3. The van der Waals surface area contributed by atoms with E-state index in [9.17, 15) is 9.59 Å². The molecule has 1 aliphatic heterocycles. The third-order valence-corrected chi connectivity index (χ3v) is 5.62. The Labute approximate surface area is 183 Å². The van der Waals surface area contributed by atoms with Crippen LogP contribution in [0.15, 0.2) is 42.5 Å². The number of likely N-dealkylation sites (tertiary alicyclic amines) is 1. The van der Waals surface area contributed by atoms with Crippen LogP contribution in [0.5, 0.6) is 17.2 Å². The molecule has 2 aromatic carbocycles. The summed E-state index contributed by atoms with van der Waals surface area (Å²) >= 11 is 0. The highest BCUT2D eigenvalue weighted by Gasteiger charge is 2.26. The van der Waals surface area contributed by atoms with Crippen LogP contribution >= 0.6 is 0 Å². The van der Waals surface area contributed by atoms with E-state index >= 15 is 0 Å². The van der Waals surface area contributed by atoms with Crippen LogP contribution in [-0.4, -0.2) is 51.1 Å². The molecule has 0 atom stereocenters. The van der Waals surface area contributed by atoms with Crippen molar-refractivity contribution in [2.45, 2.75) is 25.8 Å². The molecule has 0 bridgehead atoms. The topological polar surface area (TPSA) is 77.1 Å². The van der Waals surface area contributed by atoms with Gasteiger partial charge in [-0.05, 0) is 36.5 Å². The van der Waals surface area contributed by atoms with E-state index < -0.39 is 0 Å². The summed E-state index contributed by atoms with van der Waals surface area (Å²) in [4.78, 5) is 27.1. The molecule has 0 unspecified atom stereocenters. The Kier molecular flexibility index (Phi) is 7.76. The highest BCUT2D eigenvalue weighted by Crippen LogP contribution is 2.38. The van der Waals surface area contributed by atoms with E-state index in [4.69, 9.17) is 14.2 Å². The van der Waals surface area contributed by atoms with Crippen molar-refractivity contribution >= 4 is 11.8 Å². The largest absolute Gasteiger partial charge is 0.493 e. The molecule has 0 spiro atoms. The van der Waals surface area contributed by atoms with Crippen molar-refractivity contribution in [2.75, 3.05) is 34.4 Å². The van der Waals surface area contributed by atoms with E-state index in [0.29, 0.717) is 48.9 Å². The smallest absolute Gasteiger partial charge is 0.254 e. The maximum atomic E-state index is 13.0. The average Bonchev–Trinajstić information content (AvgIpc) is 2.82. The number of rotatable bonds is 8. The molecule has 0 aromatic heterocycles. The predicted octanol–water partition coefficient (Wildman–Crippen LogP) is 3.27. The van der Waals surface area contributed by atoms with Crippen molar-refractivity contribution in [3.05, 3.63) is 53.6 Å². The van der Waals surface area contributed by atoms with E-state index in [2.05, 4.69) is 5.32 Å². The summed E-state index contributed by atoms with van der Waals surface area (Å²) in [6.45, 7) is 1.77. The van der Waals surface area contributed by atoms with Crippen molar-refractivity contribution in [2.24, 2.45) is 5.92 Å². The summed E-state index contributed by atoms with van der Waals surface area (Å²) in [5, 5.41) is 2.98. The Morgan fingerprint density at radius 3 is 2.13 bits per heavy atom. The number of benzene rings is 2. The highest BCUT2D eigenvalue weighted by atomic mass is 16.5. The van der Waals surface area contributed by atoms with Crippen molar-refractivity contribution in [3.8, 4) is 17.2 Å². The molecule has 7 nitrogen and oxygen atoms in total. The second-order valence-electron chi connectivity index (χ2n) is 7.62. The van der Waals surface area contributed by atoms with Gasteiger partial charge >= 0.3 is 0 Å². The van der Waals surface area contributed by atoms with Crippen molar-refractivity contribution in [1.82, 2.24) is 10.2 Å². The minimum Gasteiger partial charge on any atom is -0.493 e. The second-order valence-corrected chi connectivity index (χ2v) is 7.62. The fourth-order valence-corrected chi connectivity index (χ4v) is 3.86. The Balaban J connectivity index is 1.53. The quantitative estimate of drug-likeness (QED) is 0.701. The van der Waals surface area contributed by atoms with Crippen LogP contribution in [0.1, 0.15) is 35.2 Å². The first-order valence-corrected chi connectivity index (χ1v) is 10.5. The minimum atomic E-state index is -0.0776. The van der Waals surface area contributed by atoms with Crippen LogP contribution in [0.25, 0.3) is 0 Å². The molecule has 31 heavy (non-hydrogen) atoms. The van der Waals surface area contributed by atoms with Gasteiger partial charge in [0, 0.05) is 31.6 Å². The van der Waals surface area contributed by atoms with Gasteiger partial charge in [0.15, 0.2) is 11.5 Å². The van der Waals surface area contributed by atoms with Crippen LogP contribution in [0.4, 0.5) is 0 Å². The summed E-state index contributed by atoms with van der Waals surface area (Å²) < 4.78 is 16.0. The van der Waals surface area contributed by atoms with Gasteiger partial charge in [0.05, 0.1) is 21.3 Å². The fraction of sp³-hybridized carbons (Fsp3) is 0.417. The molecule has 166 valence electrons. The van der Waals surface area contributed by atoms with Crippen LogP contribution in [0.2, 0.25) is 0 Å². The number of nitrogens with zero attached hydrogens (tertiary/aromatic N) is 1. The number of carbonyl (C=O) groups excluding carboxylic acids is 2. The molecule has 3 rings (SSSR count). The molecule has 7 heteroatoms. The first-order chi connectivity index (χ1) is 15.0. The molecule has 1 saturated heterocycles. The average molecular weight is 427 g/mol. The third-order valence-electron chi connectivity index (χ3n) is 5.62. The lowest BCUT2D eigenvalue weighted by atomic mass is 9.92. The number of hydrogen-bond acceptors (Lipinski definition) is 5. The van der Waals surface area contributed by atoms with Crippen LogP contribution in [0, 0.1) is 5.92 Å². The van der Waals surface area contributed by atoms with E-state index in [0.717, 1.165) is 18.4 Å². The monoisotopic (exact) mass is 426 g/mol. The van der Waals surface area contributed by atoms with Crippen LogP contribution in [0.3, 0.4) is 0 Å². The maximum absolute atomic E-state index is 13.0. The first kappa shape index (κ1) is 22.5. The Hall–Kier alpha value is -3.22. The molecule has 1 N–H and O–H groups in total. The zero-order chi connectivity index (χ0) is 22.2. The second kappa shape index (κ2) is 10.7. The summed E-state index contributed by atoms with van der Waals surface area (Å²) in [5.41, 5.74) is 1.58. The third kappa shape index (κ3) is 5.69. The molecule has 1 aliphatic rings. The number of ether oxygens (including phenoxy) is 3. The predicted molar refractivity (Wildman–Crippen MR) is 118 cm³/mol. The Morgan fingerprint density at radius 2 is 1.58 bits per heavy atom. The lowest BCUT2D eigenvalue weighted by Gasteiger charge is -2.32. The lowest BCUT2D eigenvalue weighted by Crippen LogP contribution is -2.39. The molecule has 2 aromatic rings. The number of hydrogen-bond donors (Lipinski definition) is 1. The van der Waals surface area contributed by atoms with E-state index in [1.165, 1.54) is 21.3 Å². The normalized spacial score (nSPS) is 14.1. The van der Waals surface area contributed by atoms with Crippen molar-refractivity contribution in [1.29, 1.82) is 0 Å². The first-order valence-electron chi connectivity index (χ1n) is 10.5. The zero-order valence-corrected chi connectivity index (χ0v) is 18.3. The maximum Gasteiger partial charge on any atom is 0.254 e. The number of amides is 2. The molecular weight excluding hydrogens is 396 g/mol. The number of methoxy groups -OCH3 is 3. The van der Waals surface area contributed by atoms with Gasteiger partial charge in [-0.3, -0.25) is 9.59 Å². The fourth-order valence-electron chi connectivity index (χ4n) is 3.86. The van der Waals surface area contributed by atoms with Crippen LogP contribution in [-0.2, 0) is 11.3 Å². The molecular formula is C24H30N2O5. The van der Waals surface area contributed by atoms with E-state index in [1.807, 2.05) is 35.2 Å². The van der Waals surface area contributed by atoms with Gasteiger partial charge < -0.3 is 24.4 Å². The van der Waals surface area contributed by atoms with Gasteiger partial charge in [0.2, 0.25) is 11.7 Å². The minimum absolute atomic E-state index is 0.0539. The molecule has 2 amide bonds. The van der Waals surface area contributed by atoms with Crippen LogP contribution < -0.4 is 19.5 Å². The molecule has 0 radical (unpaired) electrons. The standard InChI is InChI=1S/C24H30N2O5/c1-29-20-14-19(15-21(30-2)23(20)31-3)24(28)26-11-9-17(10-12-26)13-22(27)25-16-18-7-5-4-6-8-18/h4-8,14-15,17H,9-13,16H2,1-3H3,(H,25,27). The lowest BCUT2D eigenvalue weighted by molar-refractivity contribution is -0.122. The van der Waals surface area contributed by atoms with Gasteiger partial charge in [0.25, 0.3) is 5.91 Å². The SMILES string of the molecule is COc1cc(C(=O)N2CCC(CC(=O)NCc3ccccc3)CC2)cc(OC)c1OC. The Bertz CT molecular complexity index is 867. The molecule has 1 fully saturated rings. The van der Waals surface area contributed by atoms with Crippen molar-refractivity contribution < 1.29 is 23.8 Å². The van der Waals surface area contributed by atoms with E-state index in [1.54, 1.807) is 12.1 Å². The molecule has 1 heterocycles. The number of nitrogens with one attached hydrogen (secondary N) is 1. The van der Waals surface area contributed by atoms with Gasteiger partial charge in [0.1, 0.15) is 0 Å². The summed E-state index contributed by atoms with van der Waals surface area (Å²) in [6, 6.07) is 13.2. The summed E-state index contributed by atoms with van der Waals surface area (Å²) in [6.07, 6.45) is 2.09.